The first-order valence-electron chi connectivity index (χ1n) is 8.81. The van der Waals surface area contributed by atoms with Crippen LogP contribution in [0.4, 0.5) is 4.79 Å². The average Bonchev–Trinajstić information content (AvgIpc) is 2.59. The van der Waals surface area contributed by atoms with Crippen molar-refractivity contribution in [3.8, 4) is 0 Å². The molecule has 0 radical (unpaired) electrons. The molecule has 1 aliphatic rings. The summed E-state index contributed by atoms with van der Waals surface area (Å²) in [4.78, 5) is 27.7. The molecule has 1 atom stereocenters. The maximum atomic E-state index is 12.3. The number of aliphatic hydroxyl groups is 1. The van der Waals surface area contributed by atoms with Crippen LogP contribution in [0.1, 0.15) is 26.3 Å². The Balaban J connectivity index is 1.82. The molecule has 0 unspecified atom stereocenters. The number of carbonyl (C=O) groups excluding carboxylic acids is 2. The quantitative estimate of drug-likeness (QED) is 0.801. The minimum atomic E-state index is -0.588. The number of piperazine rings is 1. The van der Waals surface area contributed by atoms with Gasteiger partial charge in [0, 0.05) is 19.6 Å². The topological polar surface area (TPSA) is 79.3 Å². The van der Waals surface area contributed by atoms with Crippen LogP contribution >= 0.6 is 0 Å². The van der Waals surface area contributed by atoms with Crippen molar-refractivity contribution in [1.82, 2.24) is 9.80 Å². The van der Waals surface area contributed by atoms with E-state index in [-0.39, 0.29) is 25.7 Å². The number of hydrogen-bond acceptors (Lipinski definition) is 6. The van der Waals surface area contributed by atoms with Crippen LogP contribution in [0.5, 0.6) is 0 Å². The maximum absolute atomic E-state index is 12.3. The highest BCUT2D eigenvalue weighted by atomic mass is 16.6. The van der Waals surface area contributed by atoms with Gasteiger partial charge in [-0.1, -0.05) is 30.3 Å². The minimum Gasteiger partial charge on any atom is -0.460 e. The molecule has 1 aromatic rings. The summed E-state index contributed by atoms with van der Waals surface area (Å²) in [7, 11) is 0. The van der Waals surface area contributed by atoms with Crippen LogP contribution in [-0.2, 0) is 20.9 Å². The smallest absolute Gasteiger partial charge is 0.410 e. The van der Waals surface area contributed by atoms with Crippen LogP contribution in [0.3, 0.4) is 0 Å². The zero-order valence-electron chi connectivity index (χ0n) is 15.7. The number of amides is 1. The lowest BCUT2D eigenvalue weighted by Gasteiger charge is -2.40. The minimum absolute atomic E-state index is 0.130. The third-order valence-corrected chi connectivity index (χ3v) is 4.00. The second-order valence-electron chi connectivity index (χ2n) is 7.39. The molecule has 2 rings (SSSR count). The largest absolute Gasteiger partial charge is 0.460 e. The molecule has 7 heteroatoms. The zero-order chi connectivity index (χ0) is 19.2. The number of nitrogens with zero attached hydrogens (tertiary/aromatic N) is 2. The Morgan fingerprint density at radius 3 is 2.50 bits per heavy atom. The SMILES string of the molecule is CC(C)(C)OC(=O)N1CCN(CC(=O)OCc2ccccc2)C[C@H]1CO. The van der Waals surface area contributed by atoms with E-state index in [1.807, 2.05) is 35.2 Å². The summed E-state index contributed by atoms with van der Waals surface area (Å²) in [6.07, 6.45) is -0.442. The summed E-state index contributed by atoms with van der Waals surface area (Å²) in [5.74, 6) is -0.323. The van der Waals surface area contributed by atoms with Gasteiger partial charge in [-0.2, -0.15) is 0 Å². The van der Waals surface area contributed by atoms with Gasteiger partial charge in [0.2, 0.25) is 0 Å². The van der Waals surface area contributed by atoms with Crippen molar-refractivity contribution in [2.24, 2.45) is 0 Å². The van der Waals surface area contributed by atoms with Gasteiger partial charge < -0.3 is 19.5 Å². The fourth-order valence-corrected chi connectivity index (χ4v) is 2.75. The van der Waals surface area contributed by atoms with E-state index in [9.17, 15) is 14.7 Å². The van der Waals surface area contributed by atoms with Crippen molar-refractivity contribution in [2.45, 2.75) is 39.0 Å². The predicted molar refractivity (Wildman–Crippen MR) is 96.5 cm³/mol. The summed E-state index contributed by atoms with van der Waals surface area (Å²) in [5, 5.41) is 9.62. The summed E-state index contributed by atoms with van der Waals surface area (Å²) < 4.78 is 10.7. The van der Waals surface area contributed by atoms with Crippen LogP contribution in [-0.4, -0.2) is 71.4 Å². The summed E-state index contributed by atoms with van der Waals surface area (Å²) in [6, 6.07) is 9.09. The summed E-state index contributed by atoms with van der Waals surface area (Å²) >= 11 is 0. The second kappa shape index (κ2) is 9.00. The van der Waals surface area contributed by atoms with Crippen LogP contribution in [0.25, 0.3) is 0 Å². The lowest BCUT2D eigenvalue weighted by Crippen LogP contribution is -2.58. The molecule has 0 saturated carbocycles. The Bertz CT molecular complexity index is 600. The lowest BCUT2D eigenvalue weighted by atomic mass is 10.1. The summed E-state index contributed by atoms with van der Waals surface area (Å²) in [5.41, 5.74) is 0.346. The number of hydrogen-bond donors (Lipinski definition) is 1. The van der Waals surface area contributed by atoms with Crippen LogP contribution in [0.2, 0.25) is 0 Å². The van der Waals surface area contributed by atoms with E-state index in [0.29, 0.717) is 19.6 Å². The molecule has 0 aromatic heterocycles. The molecule has 144 valence electrons. The Labute approximate surface area is 154 Å². The zero-order valence-corrected chi connectivity index (χ0v) is 15.7. The van der Waals surface area contributed by atoms with Crippen molar-refractivity contribution < 1.29 is 24.2 Å². The molecule has 1 N–H and O–H groups in total. The van der Waals surface area contributed by atoms with Gasteiger partial charge in [-0.15, -0.1) is 0 Å². The molecule has 0 spiro atoms. The molecule has 1 aliphatic heterocycles. The van der Waals surface area contributed by atoms with Crippen LogP contribution in [0.15, 0.2) is 30.3 Å². The molecular formula is C19H28N2O5. The van der Waals surface area contributed by atoms with Gasteiger partial charge in [0.25, 0.3) is 0 Å². The Morgan fingerprint density at radius 2 is 1.88 bits per heavy atom. The third kappa shape index (κ3) is 6.31. The number of ether oxygens (including phenoxy) is 2. The van der Waals surface area contributed by atoms with E-state index in [4.69, 9.17) is 9.47 Å². The van der Waals surface area contributed by atoms with Gasteiger partial charge in [-0.3, -0.25) is 9.69 Å². The maximum Gasteiger partial charge on any atom is 0.410 e. The first kappa shape index (κ1) is 20.2. The third-order valence-electron chi connectivity index (χ3n) is 4.00. The van der Waals surface area contributed by atoms with Crippen molar-refractivity contribution >= 4 is 12.1 Å². The van der Waals surface area contributed by atoms with E-state index >= 15 is 0 Å². The van der Waals surface area contributed by atoms with E-state index in [0.717, 1.165) is 5.56 Å². The first-order valence-corrected chi connectivity index (χ1v) is 8.81. The molecule has 1 fully saturated rings. The van der Waals surface area contributed by atoms with E-state index in [2.05, 4.69) is 0 Å². The van der Waals surface area contributed by atoms with Crippen molar-refractivity contribution in [3.05, 3.63) is 35.9 Å². The number of benzene rings is 1. The van der Waals surface area contributed by atoms with E-state index < -0.39 is 17.7 Å². The van der Waals surface area contributed by atoms with E-state index in [1.165, 1.54) is 4.90 Å². The monoisotopic (exact) mass is 364 g/mol. The van der Waals surface area contributed by atoms with Gasteiger partial charge in [-0.25, -0.2) is 4.79 Å². The normalized spacial score (nSPS) is 18.5. The Hall–Kier alpha value is -2.12. The number of esters is 1. The molecule has 7 nitrogen and oxygen atoms in total. The highest BCUT2D eigenvalue weighted by Gasteiger charge is 2.33. The highest BCUT2D eigenvalue weighted by molar-refractivity contribution is 5.72. The molecule has 1 aromatic carbocycles. The standard InChI is InChI=1S/C19H28N2O5/c1-19(2,3)26-18(24)21-10-9-20(11-16(21)13-22)12-17(23)25-14-15-7-5-4-6-8-15/h4-8,16,22H,9-14H2,1-3H3/t16-/m0/s1. The molecule has 1 saturated heterocycles. The van der Waals surface area contributed by atoms with Crippen molar-refractivity contribution in [1.29, 1.82) is 0 Å². The molecule has 1 amide bonds. The molecule has 26 heavy (non-hydrogen) atoms. The second-order valence-corrected chi connectivity index (χ2v) is 7.39. The molecule has 1 heterocycles. The van der Waals surface area contributed by atoms with Crippen LogP contribution < -0.4 is 0 Å². The van der Waals surface area contributed by atoms with Gasteiger partial charge in [0.15, 0.2) is 0 Å². The molecular weight excluding hydrogens is 336 g/mol. The number of rotatable bonds is 5. The molecule has 0 bridgehead atoms. The lowest BCUT2D eigenvalue weighted by molar-refractivity contribution is -0.147. The number of aliphatic hydroxyl groups excluding tert-OH is 1. The Kier molecular flexibility index (Phi) is 6.99. The number of carbonyl (C=O) groups is 2. The van der Waals surface area contributed by atoms with Crippen molar-refractivity contribution in [3.63, 3.8) is 0 Å². The van der Waals surface area contributed by atoms with Gasteiger partial charge in [0.1, 0.15) is 12.2 Å². The summed E-state index contributed by atoms with van der Waals surface area (Å²) in [6.45, 7) is 6.91. The van der Waals surface area contributed by atoms with Gasteiger partial charge >= 0.3 is 12.1 Å². The highest BCUT2D eigenvalue weighted by Crippen LogP contribution is 2.16. The average molecular weight is 364 g/mol. The molecule has 0 aliphatic carbocycles. The fourth-order valence-electron chi connectivity index (χ4n) is 2.75. The first-order chi connectivity index (χ1) is 12.3. The van der Waals surface area contributed by atoms with E-state index in [1.54, 1.807) is 20.8 Å². The fraction of sp³-hybridized carbons (Fsp3) is 0.579. The van der Waals surface area contributed by atoms with Crippen molar-refractivity contribution in [2.75, 3.05) is 32.8 Å². The Morgan fingerprint density at radius 1 is 1.19 bits per heavy atom. The van der Waals surface area contributed by atoms with Gasteiger partial charge in [0.05, 0.1) is 19.2 Å². The van der Waals surface area contributed by atoms with Crippen LogP contribution in [0, 0.1) is 0 Å². The predicted octanol–water partition coefficient (Wildman–Crippen LogP) is 1.64. The van der Waals surface area contributed by atoms with Gasteiger partial charge in [-0.05, 0) is 26.3 Å².